The van der Waals surface area contributed by atoms with E-state index in [4.69, 9.17) is 4.74 Å². The van der Waals surface area contributed by atoms with Crippen molar-refractivity contribution in [2.45, 2.75) is 52.6 Å². The van der Waals surface area contributed by atoms with Gasteiger partial charge in [-0.2, -0.15) is 0 Å². The third-order valence-electron chi connectivity index (χ3n) is 2.87. The highest BCUT2D eigenvalue weighted by molar-refractivity contribution is 5.85. The van der Waals surface area contributed by atoms with Crippen LogP contribution in [0.3, 0.4) is 0 Å². The van der Waals surface area contributed by atoms with E-state index in [0.29, 0.717) is 0 Å². The highest BCUT2D eigenvalue weighted by Crippen LogP contribution is 2.17. The number of halogens is 1. The van der Waals surface area contributed by atoms with E-state index in [-0.39, 0.29) is 30.5 Å². The molecule has 1 amide bonds. The first-order valence-corrected chi connectivity index (χ1v) is 7.65. The van der Waals surface area contributed by atoms with Gasteiger partial charge in [-0.15, -0.1) is 12.4 Å². The fourth-order valence-corrected chi connectivity index (χ4v) is 1.91. The molecule has 1 aromatic carbocycles. The zero-order chi connectivity index (χ0) is 15.7. The van der Waals surface area contributed by atoms with Crippen molar-refractivity contribution >= 4 is 18.3 Å². The van der Waals surface area contributed by atoms with Crippen LogP contribution in [0.2, 0.25) is 0 Å². The van der Waals surface area contributed by atoms with E-state index in [2.05, 4.69) is 17.6 Å². The Morgan fingerprint density at radius 1 is 1.23 bits per heavy atom. The number of rotatable bonds is 8. The average molecular weight is 329 g/mol. The first-order valence-electron chi connectivity index (χ1n) is 7.65. The standard InChI is InChI=1S/C17H28N2O2.ClH/c1-5-6-11-18-12-14-9-7-8-10-15(14)21-13-16(20)19-17(2,3)4;/h7-10,18H,5-6,11-13H2,1-4H3,(H,19,20);1H. The Morgan fingerprint density at radius 3 is 2.55 bits per heavy atom. The predicted octanol–water partition coefficient (Wildman–Crippen LogP) is 3.29. The summed E-state index contributed by atoms with van der Waals surface area (Å²) >= 11 is 0. The average Bonchev–Trinajstić information content (AvgIpc) is 2.40. The SMILES string of the molecule is CCCCNCc1ccccc1OCC(=O)NC(C)(C)C.Cl. The highest BCUT2D eigenvalue weighted by atomic mass is 35.5. The molecule has 5 heteroatoms. The van der Waals surface area contributed by atoms with Crippen LogP contribution in [0.5, 0.6) is 5.75 Å². The molecular formula is C17H29ClN2O2. The van der Waals surface area contributed by atoms with Crippen molar-refractivity contribution in [3.05, 3.63) is 29.8 Å². The second-order valence-corrected chi connectivity index (χ2v) is 6.22. The molecule has 0 aliphatic heterocycles. The lowest BCUT2D eigenvalue weighted by Gasteiger charge is -2.20. The van der Waals surface area contributed by atoms with Crippen LogP contribution in [-0.2, 0) is 11.3 Å². The first kappa shape index (κ1) is 20.7. The normalized spacial score (nSPS) is 10.7. The van der Waals surface area contributed by atoms with Crippen molar-refractivity contribution < 1.29 is 9.53 Å². The molecule has 0 saturated heterocycles. The Hall–Kier alpha value is -1.26. The van der Waals surface area contributed by atoms with Gasteiger partial charge >= 0.3 is 0 Å². The van der Waals surface area contributed by atoms with Crippen LogP contribution in [0, 0.1) is 0 Å². The molecule has 0 unspecified atom stereocenters. The molecular weight excluding hydrogens is 300 g/mol. The van der Waals surface area contributed by atoms with Gasteiger partial charge in [-0.3, -0.25) is 4.79 Å². The van der Waals surface area contributed by atoms with Crippen molar-refractivity contribution in [2.75, 3.05) is 13.2 Å². The van der Waals surface area contributed by atoms with Gasteiger partial charge in [0.1, 0.15) is 5.75 Å². The van der Waals surface area contributed by atoms with Gasteiger partial charge in [0.15, 0.2) is 6.61 Å². The molecule has 1 rings (SSSR count). The Kier molecular flexibility index (Phi) is 9.86. The van der Waals surface area contributed by atoms with Crippen molar-refractivity contribution in [3.63, 3.8) is 0 Å². The Labute approximate surface area is 140 Å². The summed E-state index contributed by atoms with van der Waals surface area (Å²) in [5, 5.41) is 6.28. The van der Waals surface area contributed by atoms with Gasteiger partial charge in [-0.25, -0.2) is 0 Å². The number of hydrogen-bond donors (Lipinski definition) is 2. The number of carbonyl (C=O) groups is 1. The fraction of sp³-hybridized carbons (Fsp3) is 0.588. The van der Waals surface area contributed by atoms with E-state index in [1.807, 2.05) is 45.0 Å². The van der Waals surface area contributed by atoms with Gasteiger partial charge in [-0.05, 0) is 39.8 Å². The molecule has 0 saturated carbocycles. The van der Waals surface area contributed by atoms with E-state index in [1.165, 1.54) is 6.42 Å². The van der Waals surface area contributed by atoms with Crippen molar-refractivity contribution in [2.24, 2.45) is 0 Å². The molecule has 0 heterocycles. The van der Waals surface area contributed by atoms with Crippen molar-refractivity contribution in [1.82, 2.24) is 10.6 Å². The lowest BCUT2D eigenvalue weighted by atomic mass is 10.1. The first-order chi connectivity index (χ1) is 9.92. The molecule has 0 atom stereocenters. The third-order valence-corrected chi connectivity index (χ3v) is 2.87. The molecule has 0 bridgehead atoms. The number of para-hydroxylation sites is 1. The summed E-state index contributed by atoms with van der Waals surface area (Å²) in [6, 6.07) is 7.84. The molecule has 0 aromatic heterocycles. The minimum atomic E-state index is -0.234. The van der Waals surface area contributed by atoms with E-state index < -0.39 is 0 Å². The van der Waals surface area contributed by atoms with Gasteiger partial charge in [-0.1, -0.05) is 31.5 Å². The van der Waals surface area contributed by atoms with Crippen LogP contribution < -0.4 is 15.4 Å². The maximum atomic E-state index is 11.8. The minimum absolute atomic E-state index is 0. The molecule has 22 heavy (non-hydrogen) atoms. The lowest BCUT2D eigenvalue weighted by molar-refractivity contribution is -0.124. The summed E-state index contributed by atoms with van der Waals surface area (Å²) in [6.45, 7) is 9.84. The molecule has 1 aromatic rings. The second-order valence-electron chi connectivity index (χ2n) is 6.22. The monoisotopic (exact) mass is 328 g/mol. The number of hydrogen-bond acceptors (Lipinski definition) is 3. The van der Waals surface area contributed by atoms with Gasteiger partial charge in [0.05, 0.1) is 0 Å². The zero-order valence-corrected chi connectivity index (χ0v) is 14.9. The zero-order valence-electron chi connectivity index (χ0n) is 14.1. The summed E-state index contributed by atoms with van der Waals surface area (Å²) in [5.41, 5.74) is 0.846. The largest absolute Gasteiger partial charge is 0.483 e. The molecule has 0 aliphatic carbocycles. The molecule has 0 aliphatic rings. The Balaban J connectivity index is 0.00000441. The van der Waals surface area contributed by atoms with E-state index in [9.17, 15) is 4.79 Å². The summed E-state index contributed by atoms with van der Waals surface area (Å²) < 4.78 is 5.65. The van der Waals surface area contributed by atoms with E-state index >= 15 is 0 Å². The lowest BCUT2D eigenvalue weighted by Crippen LogP contribution is -2.43. The molecule has 0 spiro atoms. The third kappa shape index (κ3) is 8.90. The summed E-state index contributed by atoms with van der Waals surface area (Å²) in [5.74, 6) is 0.668. The summed E-state index contributed by atoms with van der Waals surface area (Å²) in [7, 11) is 0. The molecule has 2 N–H and O–H groups in total. The second kappa shape index (κ2) is 10.5. The number of ether oxygens (including phenoxy) is 1. The van der Waals surface area contributed by atoms with E-state index in [0.717, 1.165) is 30.8 Å². The number of unbranched alkanes of at least 4 members (excludes halogenated alkanes) is 1. The topological polar surface area (TPSA) is 50.4 Å². The van der Waals surface area contributed by atoms with Crippen molar-refractivity contribution in [1.29, 1.82) is 0 Å². The summed E-state index contributed by atoms with van der Waals surface area (Å²) in [4.78, 5) is 11.8. The van der Waals surface area contributed by atoms with Crippen LogP contribution in [0.4, 0.5) is 0 Å². The Bertz CT molecular complexity index is 445. The van der Waals surface area contributed by atoms with Gasteiger partial charge in [0.25, 0.3) is 5.91 Å². The molecule has 126 valence electrons. The highest BCUT2D eigenvalue weighted by Gasteiger charge is 2.14. The predicted molar refractivity (Wildman–Crippen MR) is 93.7 cm³/mol. The van der Waals surface area contributed by atoms with Gasteiger partial charge in [0.2, 0.25) is 0 Å². The van der Waals surface area contributed by atoms with Crippen molar-refractivity contribution in [3.8, 4) is 5.75 Å². The maximum absolute atomic E-state index is 11.8. The van der Waals surface area contributed by atoms with Crippen LogP contribution in [0.25, 0.3) is 0 Å². The number of benzene rings is 1. The summed E-state index contributed by atoms with van der Waals surface area (Å²) in [6.07, 6.45) is 2.34. The molecule has 0 radical (unpaired) electrons. The molecule has 0 fully saturated rings. The van der Waals surface area contributed by atoms with Crippen LogP contribution in [0.1, 0.15) is 46.1 Å². The maximum Gasteiger partial charge on any atom is 0.258 e. The number of carbonyl (C=O) groups excluding carboxylic acids is 1. The van der Waals surface area contributed by atoms with Gasteiger partial charge in [0, 0.05) is 17.6 Å². The van der Waals surface area contributed by atoms with Crippen LogP contribution in [0.15, 0.2) is 24.3 Å². The van der Waals surface area contributed by atoms with Gasteiger partial charge < -0.3 is 15.4 Å². The Morgan fingerprint density at radius 2 is 1.91 bits per heavy atom. The van der Waals surface area contributed by atoms with Crippen LogP contribution >= 0.6 is 12.4 Å². The quantitative estimate of drug-likeness (QED) is 0.720. The van der Waals surface area contributed by atoms with Crippen LogP contribution in [-0.4, -0.2) is 24.6 Å². The number of amides is 1. The smallest absolute Gasteiger partial charge is 0.258 e. The minimum Gasteiger partial charge on any atom is -0.483 e. The van der Waals surface area contributed by atoms with E-state index in [1.54, 1.807) is 0 Å². The fourth-order valence-electron chi connectivity index (χ4n) is 1.91. The molecule has 4 nitrogen and oxygen atoms in total. The number of nitrogens with one attached hydrogen (secondary N) is 2.